The zero-order chi connectivity index (χ0) is 28.8. The minimum absolute atomic E-state index is 0.229. The number of carbonyl (C=O) groups is 1. The molecule has 1 aliphatic heterocycles. The maximum Gasteiger partial charge on any atom is 0.255 e. The van der Waals surface area contributed by atoms with Gasteiger partial charge in [-0.25, -0.2) is 9.07 Å². The maximum atomic E-state index is 14.2. The topological polar surface area (TPSA) is 81.1 Å². The van der Waals surface area contributed by atoms with Gasteiger partial charge in [0.2, 0.25) is 11.1 Å². The van der Waals surface area contributed by atoms with Crippen molar-refractivity contribution in [1.82, 2.24) is 14.8 Å². The van der Waals surface area contributed by atoms with Crippen LogP contribution in [0.3, 0.4) is 0 Å². The Bertz CT molecular complexity index is 1550. The molecule has 7 nitrogen and oxygen atoms in total. The van der Waals surface area contributed by atoms with E-state index in [0.29, 0.717) is 40.3 Å². The number of unbranched alkanes of at least 4 members (excludes halogenated alkanes) is 2. The number of carbonyl (C=O) groups excluding carboxylic acids is 1. The van der Waals surface area contributed by atoms with Crippen molar-refractivity contribution in [1.29, 1.82) is 0 Å². The first-order valence-corrected chi connectivity index (χ1v) is 14.8. The van der Waals surface area contributed by atoms with Crippen LogP contribution in [0.1, 0.15) is 55.8 Å². The molecule has 0 saturated heterocycles. The number of hydrogen-bond acceptors (Lipinski definition) is 6. The van der Waals surface area contributed by atoms with Gasteiger partial charge in [0.25, 0.3) is 5.91 Å². The van der Waals surface area contributed by atoms with Gasteiger partial charge in [-0.3, -0.25) is 4.79 Å². The summed E-state index contributed by atoms with van der Waals surface area (Å²) in [4.78, 5) is 18.4. The summed E-state index contributed by atoms with van der Waals surface area (Å²) in [6, 6.07) is 21.7. The molecule has 0 spiro atoms. The first kappa shape index (κ1) is 28.4. The molecule has 5 rings (SSSR count). The molecule has 0 saturated carbocycles. The Balaban J connectivity index is 1.45. The molecule has 0 bridgehead atoms. The molecule has 4 aromatic rings. The second-order valence-corrected chi connectivity index (χ2v) is 11.0. The number of halogens is 1. The number of amides is 1. The third-order valence-corrected chi connectivity index (χ3v) is 7.77. The second kappa shape index (κ2) is 13.0. The number of fused-ring (bicyclic) bond motifs is 1. The highest BCUT2D eigenvalue weighted by molar-refractivity contribution is 7.98. The number of thioether (sulfide) groups is 1. The molecule has 3 aromatic carbocycles. The van der Waals surface area contributed by atoms with E-state index >= 15 is 0 Å². The molecular weight excluding hydrogens is 537 g/mol. The Hall–Kier alpha value is -4.11. The lowest BCUT2D eigenvalue weighted by Gasteiger charge is -2.28. The first-order chi connectivity index (χ1) is 19.9. The number of anilines is 2. The van der Waals surface area contributed by atoms with Crippen LogP contribution in [-0.4, -0.2) is 27.3 Å². The quantitative estimate of drug-likeness (QED) is 0.143. The normalized spacial score (nSPS) is 14.4. The zero-order valence-corrected chi connectivity index (χ0v) is 24.3. The smallest absolute Gasteiger partial charge is 0.255 e. The van der Waals surface area contributed by atoms with Crippen LogP contribution in [0.25, 0.3) is 0 Å². The van der Waals surface area contributed by atoms with Crippen LogP contribution in [0, 0.1) is 12.7 Å². The summed E-state index contributed by atoms with van der Waals surface area (Å²) in [7, 11) is 0. The standard InChI is InChI=1S/C32H34FN5O2S/c1-4-5-8-18-40-26-16-14-23(15-17-26)29-28(30(39)35-25-12-9-10-21(2)19-25)22(3)34-31-36-32(37-38(29)31)41-20-24-11-6-7-13-27(24)33/h6-7,9-17,19,29H,4-5,8,18,20H2,1-3H3,(H,35,39)(H,34,36,37). The highest BCUT2D eigenvalue weighted by atomic mass is 32.2. The van der Waals surface area contributed by atoms with Crippen molar-refractivity contribution >= 4 is 29.3 Å². The lowest BCUT2D eigenvalue weighted by molar-refractivity contribution is -0.113. The molecule has 1 aromatic heterocycles. The van der Waals surface area contributed by atoms with Gasteiger partial charge in [-0.2, -0.15) is 4.98 Å². The summed E-state index contributed by atoms with van der Waals surface area (Å²) >= 11 is 1.35. The van der Waals surface area contributed by atoms with E-state index in [0.717, 1.165) is 41.8 Å². The molecule has 0 aliphatic carbocycles. The molecule has 2 N–H and O–H groups in total. The lowest BCUT2D eigenvalue weighted by Crippen LogP contribution is -2.31. The maximum absolute atomic E-state index is 14.2. The van der Waals surface area contributed by atoms with Crippen LogP contribution in [0.15, 0.2) is 89.2 Å². The van der Waals surface area contributed by atoms with E-state index in [1.807, 2.05) is 68.4 Å². The highest BCUT2D eigenvalue weighted by Gasteiger charge is 2.34. The summed E-state index contributed by atoms with van der Waals surface area (Å²) in [6.07, 6.45) is 3.27. The predicted molar refractivity (Wildman–Crippen MR) is 162 cm³/mol. The molecule has 9 heteroatoms. The minimum Gasteiger partial charge on any atom is -0.494 e. The summed E-state index contributed by atoms with van der Waals surface area (Å²) in [6.45, 7) is 6.69. The second-order valence-electron chi connectivity index (χ2n) is 10.1. The van der Waals surface area contributed by atoms with Gasteiger partial charge in [-0.1, -0.05) is 74.0 Å². The average molecular weight is 572 g/mol. The van der Waals surface area contributed by atoms with Crippen molar-refractivity contribution in [3.05, 3.63) is 107 Å². The fourth-order valence-corrected chi connectivity index (χ4v) is 5.58. The number of aryl methyl sites for hydroxylation is 1. The summed E-state index contributed by atoms with van der Waals surface area (Å²) in [5.74, 6) is 1.20. The van der Waals surface area contributed by atoms with Gasteiger partial charge in [-0.15, -0.1) is 5.10 Å². The molecule has 212 valence electrons. The van der Waals surface area contributed by atoms with Crippen LogP contribution in [0.4, 0.5) is 16.0 Å². The molecule has 1 amide bonds. The van der Waals surface area contributed by atoms with Crippen molar-refractivity contribution in [3.8, 4) is 5.75 Å². The van der Waals surface area contributed by atoms with Crippen molar-refractivity contribution in [3.63, 3.8) is 0 Å². The highest BCUT2D eigenvalue weighted by Crippen LogP contribution is 2.37. The number of rotatable bonds is 11. The predicted octanol–water partition coefficient (Wildman–Crippen LogP) is 7.51. The van der Waals surface area contributed by atoms with Crippen molar-refractivity contribution in [2.75, 3.05) is 17.2 Å². The van der Waals surface area contributed by atoms with Gasteiger partial charge in [0.1, 0.15) is 17.6 Å². The van der Waals surface area contributed by atoms with E-state index in [-0.39, 0.29) is 11.7 Å². The van der Waals surface area contributed by atoms with Crippen LogP contribution >= 0.6 is 11.8 Å². The minimum atomic E-state index is -0.527. The number of nitrogens with zero attached hydrogens (tertiary/aromatic N) is 3. The van der Waals surface area contributed by atoms with Gasteiger partial charge in [-0.05, 0) is 67.3 Å². The molecule has 0 radical (unpaired) electrons. The number of aromatic nitrogens is 3. The van der Waals surface area contributed by atoms with E-state index in [2.05, 4.69) is 22.5 Å². The molecule has 1 atom stereocenters. The number of benzene rings is 3. The van der Waals surface area contributed by atoms with Gasteiger partial charge in [0.05, 0.1) is 12.2 Å². The summed E-state index contributed by atoms with van der Waals surface area (Å²) in [5, 5.41) is 11.6. The monoisotopic (exact) mass is 571 g/mol. The SMILES string of the molecule is CCCCCOc1ccc(C2C(C(=O)Nc3cccc(C)c3)=C(C)Nc3nc(SCc4ccccc4F)nn32)cc1. The van der Waals surface area contributed by atoms with Crippen molar-refractivity contribution in [2.24, 2.45) is 0 Å². The Labute approximate surface area is 244 Å². The van der Waals surface area contributed by atoms with E-state index < -0.39 is 6.04 Å². The van der Waals surface area contributed by atoms with Crippen LogP contribution in [0.2, 0.25) is 0 Å². The third kappa shape index (κ3) is 6.79. The van der Waals surface area contributed by atoms with Crippen LogP contribution < -0.4 is 15.4 Å². The van der Waals surface area contributed by atoms with E-state index in [9.17, 15) is 9.18 Å². The van der Waals surface area contributed by atoms with Gasteiger partial charge < -0.3 is 15.4 Å². The Morgan fingerprint density at radius 3 is 2.63 bits per heavy atom. The average Bonchev–Trinajstić information content (AvgIpc) is 3.37. The van der Waals surface area contributed by atoms with Crippen molar-refractivity contribution < 1.29 is 13.9 Å². The van der Waals surface area contributed by atoms with E-state index in [1.54, 1.807) is 16.8 Å². The number of nitrogens with one attached hydrogen (secondary N) is 2. The van der Waals surface area contributed by atoms with E-state index in [1.165, 1.54) is 17.8 Å². The Kier molecular flexibility index (Phi) is 9.04. The van der Waals surface area contributed by atoms with Gasteiger partial charge in [0, 0.05) is 17.1 Å². The Morgan fingerprint density at radius 2 is 1.88 bits per heavy atom. The summed E-state index contributed by atoms with van der Waals surface area (Å²) < 4.78 is 21.9. The molecule has 2 heterocycles. The largest absolute Gasteiger partial charge is 0.494 e. The van der Waals surface area contributed by atoms with Crippen molar-refractivity contribution in [2.45, 2.75) is 57.0 Å². The fourth-order valence-electron chi connectivity index (χ4n) is 4.76. The number of hydrogen-bond donors (Lipinski definition) is 2. The van der Waals surface area contributed by atoms with Crippen LogP contribution in [0.5, 0.6) is 5.75 Å². The van der Waals surface area contributed by atoms with Gasteiger partial charge in [0.15, 0.2) is 0 Å². The first-order valence-electron chi connectivity index (χ1n) is 13.8. The van der Waals surface area contributed by atoms with E-state index in [4.69, 9.17) is 9.84 Å². The fraction of sp³-hybridized carbons (Fsp3) is 0.281. The number of allylic oxidation sites excluding steroid dienone is 1. The van der Waals surface area contributed by atoms with Gasteiger partial charge >= 0.3 is 0 Å². The van der Waals surface area contributed by atoms with Crippen LogP contribution in [-0.2, 0) is 10.5 Å². The zero-order valence-electron chi connectivity index (χ0n) is 23.5. The molecular formula is C32H34FN5O2S. The molecule has 1 aliphatic rings. The lowest BCUT2D eigenvalue weighted by atomic mass is 9.95. The summed E-state index contributed by atoms with van der Waals surface area (Å²) in [5.41, 5.74) is 4.44. The molecule has 1 unspecified atom stereocenters. The molecule has 0 fully saturated rings. The Morgan fingerprint density at radius 1 is 1.07 bits per heavy atom. The number of ether oxygens (including phenoxy) is 1. The molecule has 41 heavy (non-hydrogen) atoms. The third-order valence-electron chi connectivity index (χ3n) is 6.88.